The molecule has 2 heterocycles. The largest absolute Gasteiger partial charge is 0.459 e. The molecule has 2 amide bonds. The highest BCUT2D eigenvalue weighted by Crippen LogP contribution is 2.33. The quantitative estimate of drug-likeness (QED) is 0.865. The van der Waals surface area contributed by atoms with Crippen LogP contribution < -0.4 is 10.6 Å². The van der Waals surface area contributed by atoms with Gasteiger partial charge in [-0.15, -0.1) is 0 Å². The van der Waals surface area contributed by atoms with Crippen molar-refractivity contribution >= 4 is 28.8 Å². The Morgan fingerprint density at radius 1 is 1.33 bits per heavy atom. The summed E-state index contributed by atoms with van der Waals surface area (Å²) in [4.78, 5) is 12.2. The molecule has 1 atom stereocenters. The monoisotopic (exact) mass is 348 g/mol. The van der Waals surface area contributed by atoms with Gasteiger partial charge in [-0.3, -0.25) is 0 Å². The van der Waals surface area contributed by atoms with E-state index in [9.17, 15) is 4.79 Å². The van der Waals surface area contributed by atoms with Crippen LogP contribution in [0.3, 0.4) is 0 Å². The highest BCUT2D eigenvalue weighted by Gasteiger charge is 2.32. The Hall–Kier alpha value is -1.66. The van der Waals surface area contributed by atoms with Gasteiger partial charge < -0.3 is 19.8 Å². The van der Waals surface area contributed by atoms with Gasteiger partial charge in [-0.05, 0) is 38.2 Å². The van der Waals surface area contributed by atoms with Crippen molar-refractivity contribution in [3.05, 3.63) is 36.1 Å². The minimum absolute atomic E-state index is 0.0815. The lowest BCUT2D eigenvalue weighted by Crippen LogP contribution is -2.47. The number of furan rings is 1. The smallest absolute Gasteiger partial charge is 0.315 e. The maximum Gasteiger partial charge on any atom is 0.315 e. The van der Waals surface area contributed by atoms with E-state index in [1.807, 2.05) is 49.0 Å². The molecule has 1 saturated heterocycles. The molecule has 1 aromatic carbocycles. The van der Waals surface area contributed by atoms with E-state index in [0.29, 0.717) is 6.54 Å². The zero-order chi connectivity index (χ0) is 17.0. The number of benzene rings is 1. The number of urea groups is 1. The summed E-state index contributed by atoms with van der Waals surface area (Å²) >= 11 is 1.81. The predicted molar refractivity (Wildman–Crippen MR) is 97.5 cm³/mol. The number of hydrogen-bond acceptors (Lipinski definition) is 4. The third-order valence-corrected chi connectivity index (χ3v) is 6.05. The number of nitrogens with one attached hydrogen (secondary N) is 2. The fourth-order valence-corrected chi connectivity index (χ4v) is 3.76. The first-order valence-electron chi connectivity index (χ1n) is 8.28. The maximum absolute atomic E-state index is 12.2. The van der Waals surface area contributed by atoms with E-state index in [1.165, 1.54) is 0 Å². The predicted octanol–water partition coefficient (Wildman–Crippen LogP) is 3.71. The average Bonchev–Trinajstić information content (AvgIpc) is 3.05. The molecular weight excluding hydrogens is 324 g/mol. The molecular formula is C18H24N2O3S. The summed E-state index contributed by atoms with van der Waals surface area (Å²) < 4.78 is 11.3. The molecule has 3 rings (SSSR count). The maximum atomic E-state index is 12.2. The van der Waals surface area contributed by atoms with Gasteiger partial charge >= 0.3 is 6.03 Å². The molecule has 130 valence electrons. The highest BCUT2D eigenvalue weighted by molar-refractivity contribution is 8.00. The van der Waals surface area contributed by atoms with Crippen LogP contribution in [0.25, 0.3) is 11.0 Å². The van der Waals surface area contributed by atoms with Crippen LogP contribution in [0, 0.1) is 0 Å². The average molecular weight is 348 g/mol. The summed E-state index contributed by atoms with van der Waals surface area (Å²) in [5.41, 5.74) is 0.838. The van der Waals surface area contributed by atoms with E-state index < -0.39 is 0 Å². The van der Waals surface area contributed by atoms with Crippen LogP contribution >= 0.6 is 11.8 Å². The van der Waals surface area contributed by atoms with Crippen molar-refractivity contribution in [1.29, 1.82) is 0 Å². The van der Waals surface area contributed by atoms with Gasteiger partial charge in [-0.25, -0.2) is 4.79 Å². The van der Waals surface area contributed by atoms with E-state index in [1.54, 1.807) is 0 Å². The summed E-state index contributed by atoms with van der Waals surface area (Å²) in [6, 6.07) is 9.47. The van der Waals surface area contributed by atoms with Gasteiger partial charge in [0.15, 0.2) is 0 Å². The molecule has 2 aromatic rings. The molecule has 0 spiro atoms. The van der Waals surface area contributed by atoms with Crippen molar-refractivity contribution in [3.8, 4) is 0 Å². The number of fused-ring (bicyclic) bond motifs is 1. The summed E-state index contributed by atoms with van der Waals surface area (Å²) in [5.74, 6) is 0.761. The van der Waals surface area contributed by atoms with Crippen molar-refractivity contribution in [1.82, 2.24) is 10.6 Å². The Kier molecular flexibility index (Phi) is 5.36. The number of para-hydroxylation sites is 1. The Bertz CT molecular complexity index is 661. The first kappa shape index (κ1) is 17.2. The molecule has 0 bridgehead atoms. The zero-order valence-corrected chi connectivity index (χ0v) is 14.9. The molecule has 6 heteroatoms. The number of hydrogen-bond donors (Lipinski definition) is 2. The summed E-state index contributed by atoms with van der Waals surface area (Å²) in [7, 11) is 0. The Morgan fingerprint density at radius 2 is 2.08 bits per heavy atom. The van der Waals surface area contributed by atoms with E-state index in [2.05, 4.69) is 16.9 Å². The first-order valence-corrected chi connectivity index (χ1v) is 9.50. The number of carbonyl (C=O) groups is 1. The topological polar surface area (TPSA) is 63.5 Å². The molecule has 0 radical (unpaired) electrons. The Balaban J connectivity index is 1.55. The number of thioether (sulfide) groups is 1. The lowest BCUT2D eigenvalue weighted by Gasteiger charge is -2.35. The summed E-state index contributed by atoms with van der Waals surface area (Å²) in [6.45, 7) is 4.10. The Morgan fingerprint density at radius 3 is 2.79 bits per heavy atom. The van der Waals surface area contributed by atoms with Gasteiger partial charge in [-0.2, -0.15) is 11.8 Å². The lowest BCUT2D eigenvalue weighted by atomic mass is 9.99. The molecule has 1 aliphatic heterocycles. The molecule has 1 aliphatic rings. The van der Waals surface area contributed by atoms with Gasteiger partial charge in [-0.1, -0.05) is 18.2 Å². The van der Waals surface area contributed by atoms with Gasteiger partial charge in [0.2, 0.25) is 0 Å². The lowest BCUT2D eigenvalue weighted by molar-refractivity contribution is 0.0777. The summed E-state index contributed by atoms with van der Waals surface area (Å²) in [5, 5.41) is 7.01. The van der Waals surface area contributed by atoms with Crippen molar-refractivity contribution in [3.63, 3.8) is 0 Å². The van der Waals surface area contributed by atoms with E-state index in [0.717, 1.165) is 42.8 Å². The molecule has 0 saturated carbocycles. The van der Waals surface area contributed by atoms with Crippen LogP contribution in [-0.2, 0) is 4.74 Å². The van der Waals surface area contributed by atoms with Crippen LogP contribution in [0.1, 0.15) is 31.6 Å². The van der Waals surface area contributed by atoms with Gasteiger partial charge in [0.25, 0.3) is 0 Å². The molecule has 2 N–H and O–H groups in total. The van der Waals surface area contributed by atoms with E-state index in [4.69, 9.17) is 9.15 Å². The van der Waals surface area contributed by atoms with Crippen molar-refractivity contribution < 1.29 is 13.9 Å². The third kappa shape index (κ3) is 3.87. The first-order chi connectivity index (χ1) is 11.6. The van der Waals surface area contributed by atoms with Gasteiger partial charge in [0, 0.05) is 29.9 Å². The molecule has 24 heavy (non-hydrogen) atoms. The molecule has 0 aliphatic carbocycles. The summed E-state index contributed by atoms with van der Waals surface area (Å²) in [6.07, 6.45) is 4.03. The second-order valence-corrected chi connectivity index (χ2v) is 7.51. The van der Waals surface area contributed by atoms with Crippen molar-refractivity contribution in [2.45, 2.75) is 30.6 Å². The molecule has 1 aromatic heterocycles. The zero-order valence-electron chi connectivity index (χ0n) is 14.1. The van der Waals surface area contributed by atoms with Gasteiger partial charge in [0.05, 0.1) is 6.04 Å². The van der Waals surface area contributed by atoms with Crippen molar-refractivity contribution in [2.24, 2.45) is 0 Å². The van der Waals surface area contributed by atoms with E-state index >= 15 is 0 Å². The van der Waals surface area contributed by atoms with Crippen molar-refractivity contribution in [2.75, 3.05) is 26.0 Å². The fraction of sp³-hybridized carbons (Fsp3) is 0.500. The van der Waals surface area contributed by atoms with Crippen LogP contribution in [-0.4, -0.2) is 36.8 Å². The van der Waals surface area contributed by atoms with Crippen LogP contribution in [0.5, 0.6) is 0 Å². The van der Waals surface area contributed by atoms with Crippen LogP contribution in [0.4, 0.5) is 4.79 Å². The Labute approximate surface area is 146 Å². The normalized spacial score (nSPS) is 18.2. The molecule has 1 fully saturated rings. The number of carbonyl (C=O) groups excluding carboxylic acids is 1. The minimum atomic E-state index is -0.183. The number of ether oxygens (including phenoxy) is 1. The second kappa shape index (κ2) is 7.49. The minimum Gasteiger partial charge on any atom is -0.459 e. The van der Waals surface area contributed by atoms with Crippen LogP contribution in [0.2, 0.25) is 0 Å². The molecule has 5 nitrogen and oxygen atoms in total. The van der Waals surface area contributed by atoms with Crippen LogP contribution in [0.15, 0.2) is 34.7 Å². The SMILES string of the molecule is CSC1(CNC(=O)N[C@H](C)c2cc3ccccc3o2)CCOCC1. The second-order valence-electron chi connectivity index (χ2n) is 6.23. The number of rotatable bonds is 5. The number of amides is 2. The standard InChI is InChI=1S/C18H24N2O3S/c1-13(16-11-14-5-3-4-6-15(14)23-16)20-17(21)19-12-18(24-2)7-9-22-10-8-18/h3-6,11,13H,7-10,12H2,1-2H3,(H2,19,20,21)/t13-/m1/s1. The highest BCUT2D eigenvalue weighted by atomic mass is 32.2. The third-order valence-electron chi connectivity index (χ3n) is 4.63. The molecule has 0 unspecified atom stereocenters. The fourth-order valence-electron chi connectivity index (χ4n) is 2.97. The van der Waals surface area contributed by atoms with E-state index in [-0.39, 0.29) is 16.8 Å². The van der Waals surface area contributed by atoms with Gasteiger partial charge in [0.1, 0.15) is 11.3 Å².